The van der Waals surface area contributed by atoms with Crippen LogP contribution in [0, 0.1) is 0 Å². The molecule has 5 aromatic rings. The average Bonchev–Trinajstić information content (AvgIpc) is 3.13. The summed E-state index contributed by atoms with van der Waals surface area (Å²) in [5.41, 5.74) is 1.85. The topological polar surface area (TPSA) is 112 Å². The maximum Gasteiger partial charge on any atom is 0.261 e. The van der Waals surface area contributed by atoms with Gasteiger partial charge in [-0.05, 0) is 92.8 Å². The molecule has 296 valence electrons. The van der Waals surface area contributed by atoms with Crippen LogP contribution in [-0.2, 0) is 18.3 Å². The van der Waals surface area contributed by atoms with Gasteiger partial charge in [0, 0.05) is 33.0 Å². The molecule has 0 saturated heterocycles. The van der Waals surface area contributed by atoms with Crippen molar-refractivity contribution in [2.24, 2.45) is 0 Å². The molecule has 0 N–H and O–H groups in total. The van der Waals surface area contributed by atoms with Gasteiger partial charge in [-0.1, -0.05) is 65.8 Å². The summed E-state index contributed by atoms with van der Waals surface area (Å²) in [4.78, 5) is 58.2. The largest absolute Gasteiger partial charge is 0.414 e. The Kier molecular flexibility index (Phi) is 10.3. The highest BCUT2D eigenvalue weighted by molar-refractivity contribution is 6.74. The number of nitrogens with zero attached hydrogens (tertiary/aromatic N) is 2. The van der Waals surface area contributed by atoms with E-state index in [1.165, 1.54) is 9.80 Å². The van der Waals surface area contributed by atoms with Gasteiger partial charge in [-0.2, -0.15) is 0 Å². The summed E-state index contributed by atoms with van der Waals surface area (Å²) in [7, 11) is -3.80. The van der Waals surface area contributed by atoms with Crippen molar-refractivity contribution in [1.82, 2.24) is 9.80 Å². The molecule has 2 aliphatic rings. The zero-order chi connectivity index (χ0) is 40.5. The fourth-order valence-corrected chi connectivity index (χ4v) is 9.49. The minimum Gasteiger partial charge on any atom is -0.414 e. The Morgan fingerprint density at radius 3 is 0.982 bits per heavy atom. The smallest absolute Gasteiger partial charge is 0.261 e. The maximum atomic E-state index is 13.9. The Morgan fingerprint density at radius 1 is 0.429 bits per heavy atom. The molecule has 0 radical (unpaired) electrons. The van der Waals surface area contributed by atoms with E-state index in [2.05, 4.69) is 67.7 Å². The lowest BCUT2D eigenvalue weighted by Gasteiger charge is -2.36. The molecule has 0 fully saturated rings. The molecule has 56 heavy (non-hydrogen) atoms. The second-order valence-corrected chi connectivity index (χ2v) is 27.7. The Labute approximate surface area is 331 Å². The number of benzene rings is 5. The number of hydrogen-bond donors (Lipinski definition) is 0. The van der Waals surface area contributed by atoms with Crippen molar-refractivity contribution in [1.29, 1.82) is 0 Å². The van der Waals surface area contributed by atoms with E-state index in [4.69, 9.17) is 18.3 Å². The first-order valence-corrected chi connectivity index (χ1v) is 25.4. The summed E-state index contributed by atoms with van der Waals surface area (Å²) >= 11 is 0. The summed E-state index contributed by atoms with van der Waals surface area (Å²) in [5, 5.41) is 6.50. The van der Waals surface area contributed by atoms with Gasteiger partial charge in [-0.3, -0.25) is 29.0 Å². The van der Waals surface area contributed by atoms with Crippen LogP contribution < -0.4 is 0 Å². The van der Waals surface area contributed by atoms with Gasteiger partial charge in [0.25, 0.3) is 23.6 Å². The SMILES string of the molecule is CC(C)(C)[Si](C)(C)OCCOCCN1C(=O)c2ccc3c4ccc5c6c(ccc(c7ccc(c2c37)C1=O)c64)C(=O)N(CCOCCO[Si](C)(C)C(C)(C)C)C5=O. The summed E-state index contributed by atoms with van der Waals surface area (Å²) in [5.74, 6) is -1.42. The Morgan fingerprint density at radius 2 is 0.714 bits per heavy atom. The van der Waals surface area contributed by atoms with Crippen molar-refractivity contribution in [3.63, 3.8) is 0 Å². The second kappa shape index (κ2) is 14.4. The third-order valence-corrected chi connectivity index (χ3v) is 21.8. The monoisotopic (exact) mass is 794 g/mol. The molecule has 2 heterocycles. The van der Waals surface area contributed by atoms with Crippen molar-refractivity contribution in [3.8, 4) is 0 Å². The zero-order valence-corrected chi connectivity index (χ0v) is 36.4. The zero-order valence-electron chi connectivity index (χ0n) is 34.4. The van der Waals surface area contributed by atoms with Gasteiger partial charge in [0.15, 0.2) is 16.6 Å². The first-order valence-electron chi connectivity index (χ1n) is 19.6. The Hall–Kier alpha value is -4.05. The lowest BCUT2D eigenvalue weighted by Crippen LogP contribution is -2.43. The normalized spacial score (nSPS) is 15.5. The van der Waals surface area contributed by atoms with Crippen LogP contribution in [0.5, 0.6) is 0 Å². The third-order valence-electron chi connectivity index (χ3n) is 12.7. The molecular weight excluding hydrogens is 741 g/mol. The first-order chi connectivity index (χ1) is 26.3. The van der Waals surface area contributed by atoms with E-state index in [-0.39, 0.29) is 60.0 Å². The van der Waals surface area contributed by atoms with E-state index in [9.17, 15) is 19.2 Å². The number of amides is 4. The fraction of sp³-hybridized carbons (Fsp3) is 0.455. The van der Waals surface area contributed by atoms with Crippen LogP contribution >= 0.6 is 0 Å². The Bertz CT molecular complexity index is 2120. The summed E-state index contributed by atoms with van der Waals surface area (Å²) < 4.78 is 24.1. The predicted molar refractivity (Wildman–Crippen MR) is 226 cm³/mol. The molecule has 12 heteroatoms. The van der Waals surface area contributed by atoms with E-state index in [0.717, 1.165) is 32.3 Å². The van der Waals surface area contributed by atoms with Gasteiger partial charge < -0.3 is 18.3 Å². The van der Waals surface area contributed by atoms with E-state index < -0.39 is 16.6 Å². The fourth-order valence-electron chi connectivity index (χ4n) is 7.43. The van der Waals surface area contributed by atoms with Crippen LogP contribution in [0.2, 0.25) is 36.3 Å². The lowest BCUT2D eigenvalue weighted by atomic mass is 9.82. The Balaban J connectivity index is 1.11. The van der Waals surface area contributed by atoms with E-state index >= 15 is 0 Å². The van der Waals surface area contributed by atoms with Crippen LogP contribution in [-0.4, -0.2) is 103 Å². The predicted octanol–water partition coefficient (Wildman–Crippen LogP) is 9.01. The summed E-state index contributed by atoms with van der Waals surface area (Å²) in [6.45, 7) is 24.3. The molecule has 4 amide bonds. The van der Waals surface area contributed by atoms with Gasteiger partial charge in [0.05, 0.1) is 52.7 Å². The number of hydrogen-bond acceptors (Lipinski definition) is 8. The van der Waals surface area contributed by atoms with Gasteiger partial charge in [-0.25, -0.2) is 0 Å². The molecular formula is C44H54N2O8Si2. The van der Waals surface area contributed by atoms with Crippen molar-refractivity contribution in [2.45, 2.75) is 77.8 Å². The highest BCUT2D eigenvalue weighted by atomic mass is 28.4. The maximum absolute atomic E-state index is 13.9. The molecule has 0 unspecified atom stereocenters. The van der Waals surface area contributed by atoms with Crippen molar-refractivity contribution >= 4 is 83.4 Å². The molecule has 10 nitrogen and oxygen atoms in total. The average molecular weight is 795 g/mol. The van der Waals surface area contributed by atoms with Crippen molar-refractivity contribution < 1.29 is 37.5 Å². The number of fused-ring (bicyclic) bond motifs is 2. The second-order valence-electron chi connectivity index (χ2n) is 18.1. The molecule has 0 saturated carbocycles. The van der Waals surface area contributed by atoms with Crippen LogP contribution in [0.15, 0.2) is 48.5 Å². The molecule has 0 aromatic heterocycles. The highest BCUT2D eigenvalue weighted by Crippen LogP contribution is 2.46. The van der Waals surface area contributed by atoms with Crippen molar-refractivity contribution in [3.05, 3.63) is 70.8 Å². The number of imide groups is 2. The van der Waals surface area contributed by atoms with Gasteiger partial charge in [-0.15, -0.1) is 0 Å². The van der Waals surface area contributed by atoms with E-state index in [1.807, 2.05) is 24.3 Å². The van der Waals surface area contributed by atoms with Gasteiger partial charge in [0.2, 0.25) is 0 Å². The third kappa shape index (κ3) is 6.67. The number of ether oxygens (including phenoxy) is 2. The molecule has 2 aliphatic heterocycles. The molecule has 0 spiro atoms. The van der Waals surface area contributed by atoms with E-state index in [1.54, 1.807) is 24.3 Å². The van der Waals surface area contributed by atoms with Crippen LogP contribution in [0.3, 0.4) is 0 Å². The molecule has 7 rings (SSSR count). The molecule has 0 aliphatic carbocycles. The number of carbonyl (C=O) groups is 4. The summed E-state index contributed by atoms with van der Waals surface area (Å²) in [6.07, 6.45) is 0. The van der Waals surface area contributed by atoms with E-state index in [0.29, 0.717) is 59.5 Å². The minimum absolute atomic E-state index is 0.0975. The van der Waals surface area contributed by atoms with Gasteiger partial charge >= 0.3 is 0 Å². The van der Waals surface area contributed by atoms with Crippen LogP contribution in [0.1, 0.15) is 83.0 Å². The van der Waals surface area contributed by atoms with Crippen LogP contribution in [0.4, 0.5) is 0 Å². The number of carbonyl (C=O) groups excluding carboxylic acids is 4. The molecule has 0 atom stereocenters. The summed E-state index contributed by atoms with van der Waals surface area (Å²) in [6, 6.07) is 14.8. The number of rotatable bonds is 14. The van der Waals surface area contributed by atoms with Gasteiger partial charge in [0.1, 0.15) is 0 Å². The molecule has 0 bridgehead atoms. The lowest BCUT2D eigenvalue weighted by molar-refractivity contribution is 0.0473. The molecule has 5 aromatic carbocycles. The standard InChI is InChI=1S/C44H54N2O8Si2/c1-43(2,3)55(7,8)53-25-23-51-21-19-45-39(47)31-15-11-27-29-13-17-33-38-34(18-14-30(36(29)38)28-12-16-32(40(45)48)37(31)35(27)28)42(50)46(41(33)49)20-22-52-24-26-54-56(9,10)44(4,5)6/h11-18H,19-26H2,1-10H3. The minimum atomic E-state index is -1.90. The first kappa shape index (κ1) is 40.2. The van der Waals surface area contributed by atoms with Crippen molar-refractivity contribution in [2.75, 3.05) is 52.7 Å². The quantitative estimate of drug-likeness (QED) is 0.0360. The highest BCUT2D eigenvalue weighted by Gasteiger charge is 2.39. The van der Waals surface area contributed by atoms with Crippen LogP contribution in [0.25, 0.3) is 43.1 Å².